The number of carbonyl (C=O) groups excluding carboxylic acids is 1. The highest BCUT2D eigenvalue weighted by Gasteiger charge is 2.10. The van der Waals surface area contributed by atoms with E-state index in [1.54, 1.807) is 13.0 Å². The summed E-state index contributed by atoms with van der Waals surface area (Å²) in [6.07, 6.45) is 0.854. The second kappa shape index (κ2) is 6.63. The number of amides is 1. The molecule has 0 saturated heterocycles. The van der Waals surface area contributed by atoms with Crippen molar-refractivity contribution in [3.8, 4) is 5.75 Å². The molecule has 0 atom stereocenters. The number of benzene rings is 1. The van der Waals surface area contributed by atoms with Crippen molar-refractivity contribution in [2.75, 3.05) is 13.2 Å². The van der Waals surface area contributed by atoms with Crippen LogP contribution in [0.25, 0.3) is 11.0 Å². The van der Waals surface area contributed by atoms with E-state index in [0.29, 0.717) is 22.9 Å². The zero-order valence-corrected chi connectivity index (χ0v) is 12.6. The van der Waals surface area contributed by atoms with Crippen molar-refractivity contribution in [3.05, 3.63) is 39.2 Å². The molecule has 0 aliphatic carbocycles. The fourth-order valence-electron chi connectivity index (χ4n) is 1.89. The minimum Gasteiger partial charge on any atom is -0.482 e. The highest BCUT2D eigenvalue weighted by Crippen LogP contribution is 2.30. The summed E-state index contributed by atoms with van der Waals surface area (Å²) in [6, 6.07) is 4.59. The van der Waals surface area contributed by atoms with Gasteiger partial charge in [0.1, 0.15) is 11.3 Å². The van der Waals surface area contributed by atoms with E-state index < -0.39 is 5.63 Å². The highest BCUT2D eigenvalue weighted by molar-refractivity contribution is 6.32. The van der Waals surface area contributed by atoms with Crippen molar-refractivity contribution >= 4 is 28.5 Å². The van der Waals surface area contributed by atoms with Crippen LogP contribution in [0.2, 0.25) is 5.02 Å². The Balaban J connectivity index is 2.22. The first-order valence-electron chi connectivity index (χ1n) is 6.64. The third-order valence-electron chi connectivity index (χ3n) is 2.93. The van der Waals surface area contributed by atoms with E-state index in [0.717, 1.165) is 17.4 Å². The Morgan fingerprint density at radius 2 is 2.14 bits per heavy atom. The van der Waals surface area contributed by atoms with E-state index >= 15 is 0 Å². The molecule has 1 N–H and O–H groups in total. The van der Waals surface area contributed by atoms with Crippen LogP contribution in [0.15, 0.2) is 27.4 Å². The van der Waals surface area contributed by atoms with Crippen molar-refractivity contribution < 1.29 is 13.9 Å². The SMILES string of the molecule is CCCNC(=O)COc1cc2oc(=O)cc(C)c2cc1Cl. The van der Waals surface area contributed by atoms with E-state index in [2.05, 4.69) is 5.32 Å². The molecule has 2 rings (SSSR count). The third kappa shape index (κ3) is 3.76. The lowest BCUT2D eigenvalue weighted by Crippen LogP contribution is -2.29. The quantitative estimate of drug-likeness (QED) is 0.862. The van der Waals surface area contributed by atoms with Gasteiger partial charge in [-0.1, -0.05) is 18.5 Å². The number of aryl methyl sites for hydroxylation is 1. The Morgan fingerprint density at radius 1 is 1.38 bits per heavy atom. The molecule has 1 amide bonds. The molecule has 0 aliphatic heterocycles. The first-order chi connectivity index (χ1) is 10.0. The Morgan fingerprint density at radius 3 is 2.86 bits per heavy atom. The van der Waals surface area contributed by atoms with E-state index in [1.807, 2.05) is 6.92 Å². The summed E-state index contributed by atoms with van der Waals surface area (Å²) in [7, 11) is 0. The minimum atomic E-state index is -0.436. The van der Waals surface area contributed by atoms with Crippen molar-refractivity contribution in [2.24, 2.45) is 0 Å². The second-order valence-electron chi connectivity index (χ2n) is 4.67. The van der Waals surface area contributed by atoms with Crippen LogP contribution in [-0.4, -0.2) is 19.1 Å². The lowest BCUT2D eigenvalue weighted by molar-refractivity contribution is -0.123. The average Bonchev–Trinajstić information content (AvgIpc) is 2.43. The Hall–Kier alpha value is -2.01. The summed E-state index contributed by atoms with van der Waals surface area (Å²) in [6.45, 7) is 4.23. The predicted octanol–water partition coefficient (Wildman–Crippen LogP) is 2.66. The van der Waals surface area contributed by atoms with E-state index in [-0.39, 0.29) is 12.5 Å². The van der Waals surface area contributed by atoms with Crippen molar-refractivity contribution in [3.63, 3.8) is 0 Å². The van der Waals surface area contributed by atoms with Crippen LogP contribution < -0.4 is 15.7 Å². The van der Waals surface area contributed by atoms with Crippen LogP contribution in [0.1, 0.15) is 18.9 Å². The molecule has 6 heteroatoms. The molecule has 1 aromatic carbocycles. The fourth-order valence-corrected chi connectivity index (χ4v) is 2.11. The molecule has 0 radical (unpaired) electrons. The number of nitrogens with one attached hydrogen (secondary N) is 1. The largest absolute Gasteiger partial charge is 0.482 e. The zero-order valence-electron chi connectivity index (χ0n) is 11.9. The molecular formula is C15H16ClNO4. The molecule has 2 aromatic rings. The summed E-state index contributed by atoms with van der Waals surface area (Å²) in [5.41, 5.74) is 0.720. The maximum absolute atomic E-state index is 11.5. The number of fused-ring (bicyclic) bond motifs is 1. The van der Waals surface area contributed by atoms with Gasteiger partial charge in [-0.3, -0.25) is 4.79 Å². The molecular weight excluding hydrogens is 294 g/mol. The first-order valence-corrected chi connectivity index (χ1v) is 7.02. The topological polar surface area (TPSA) is 68.5 Å². The van der Waals surface area contributed by atoms with Crippen LogP contribution in [-0.2, 0) is 4.79 Å². The monoisotopic (exact) mass is 309 g/mol. The standard InChI is InChI=1S/C15H16ClNO4/c1-3-4-17-14(18)8-20-13-7-12-10(6-11(13)16)9(2)5-15(19)21-12/h5-7H,3-4,8H2,1-2H3,(H,17,18). The maximum atomic E-state index is 11.5. The summed E-state index contributed by atoms with van der Waals surface area (Å²) < 4.78 is 10.5. The Bertz CT molecular complexity index is 723. The molecule has 5 nitrogen and oxygen atoms in total. The summed E-state index contributed by atoms with van der Waals surface area (Å²) in [4.78, 5) is 22.9. The number of halogens is 1. The molecule has 0 saturated carbocycles. The van der Waals surface area contributed by atoms with Crippen LogP contribution >= 0.6 is 11.6 Å². The number of carbonyl (C=O) groups is 1. The molecule has 21 heavy (non-hydrogen) atoms. The summed E-state index contributed by atoms with van der Waals surface area (Å²) in [5, 5.41) is 3.80. The van der Waals surface area contributed by atoms with Crippen LogP contribution in [0.4, 0.5) is 0 Å². The van der Waals surface area contributed by atoms with Crippen molar-refractivity contribution in [1.29, 1.82) is 0 Å². The van der Waals surface area contributed by atoms with Crippen LogP contribution in [0, 0.1) is 6.92 Å². The van der Waals surface area contributed by atoms with Crippen molar-refractivity contribution in [1.82, 2.24) is 5.32 Å². The molecule has 0 aliphatic rings. The first kappa shape index (κ1) is 15.4. The molecule has 112 valence electrons. The van der Waals surface area contributed by atoms with Gasteiger partial charge in [-0.25, -0.2) is 4.79 Å². The van der Waals surface area contributed by atoms with Gasteiger partial charge in [0.15, 0.2) is 6.61 Å². The highest BCUT2D eigenvalue weighted by atomic mass is 35.5. The second-order valence-corrected chi connectivity index (χ2v) is 5.07. The Labute approximate surface area is 126 Å². The zero-order chi connectivity index (χ0) is 15.4. The number of ether oxygens (including phenoxy) is 1. The van der Waals surface area contributed by atoms with E-state index in [4.69, 9.17) is 20.8 Å². The maximum Gasteiger partial charge on any atom is 0.336 e. The molecule has 0 fully saturated rings. The van der Waals surface area contributed by atoms with Gasteiger partial charge >= 0.3 is 5.63 Å². The molecule has 0 bridgehead atoms. The number of hydrogen-bond acceptors (Lipinski definition) is 4. The number of rotatable bonds is 5. The van der Waals surface area contributed by atoms with Gasteiger partial charge in [0, 0.05) is 24.1 Å². The Kier molecular flexibility index (Phi) is 4.85. The predicted molar refractivity (Wildman–Crippen MR) is 81.0 cm³/mol. The molecule has 1 aromatic heterocycles. The lowest BCUT2D eigenvalue weighted by atomic mass is 10.1. The van der Waals surface area contributed by atoms with Crippen LogP contribution in [0.3, 0.4) is 0 Å². The lowest BCUT2D eigenvalue weighted by Gasteiger charge is -2.09. The average molecular weight is 310 g/mol. The molecule has 0 spiro atoms. The minimum absolute atomic E-state index is 0.138. The van der Waals surface area contributed by atoms with Crippen molar-refractivity contribution in [2.45, 2.75) is 20.3 Å². The third-order valence-corrected chi connectivity index (χ3v) is 3.23. The number of hydrogen-bond donors (Lipinski definition) is 1. The van der Waals surface area contributed by atoms with Gasteiger partial charge in [-0.15, -0.1) is 0 Å². The van der Waals surface area contributed by atoms with Gasteiger partial charge in [-0.05, 0) is 25.0 Å². The molecule has 0 unspecified atom stereocenters. The van der Waals surface area contributed by atoms with Gasteiger partial charge < -0.3 is 14.5 Å². The normalized spacial score (nSPS) is 10.6. The van der Waals surface area contributed by atoms with E-state index in [1.165, 1.54) is 12.1 Å². The van der Waals surface area contributed by atoms with Gasteiger partial charge in [0.2, 0.25) is 0 Å². The van der Waals surface area contributed by atoms with Crippen LogP contribution in [0.5, 0.6) is 5.75 Å². The van der Waals surface area contributed by atoms with Gasteiger partial charge in [0.25, 0.3) is 5.91 Å². The summed E-state index contributed by atoms with van der Waals surface area (Å²) in [5.74, 6) is 0.0864. The van der Waals surface area contributed by atoms with Gasteiger partial charge in [-0.2, -0.15) is 0 Å². The summed E-state index contributed by atoms with van der Waals surface area (Å²) >= 11 is 6.13. The van der Waals surface area contributed by atoms with Gasteiger partial charge in [0.05, 0.1) is 5.02 Å². The van der Waals surface area contributed by atoms with E-state index in [9.17, 15) is 9.59 Å². The smallest absolute Gasteiger partial charge is 0.336 e. The molecule has 1 heterocycles. The fraction of sp³-hybridized carbons (Fsp3) is 0.333.